The highest BCUT2D eigenvalue weighted by atomic mass is 16.1. The van der Waals surface area contributed by atoms with Gasteiger partial charge in [-0.1, -0.05) is 31.5 Å². The Morgan fingerprint density at radius 3 is 3.05 bits per heavy atom. The van der Waals surface area contributed by atoms with Crippen molar-refractivity contribution in [1.29, 1.82) is 0 Å². The average molecular weight is 259 g/mol. The van der Waals surface area contributed by atoms with E-state index in [9.17, 15) is 4.79 Å². The van der Waals surface area contributed by atoms with Crippen molar-refractivity contribution in [3.63, 3.8) is 0 Å². The summed E-state index contributed by atoms with van der Waals surface area (Å²) in [5.74, 6) is 1.00. The highest BCUT2D eigenvalue weighted by Gasteiger charge is 2.15. The van der Waals surface area contributed by atoms with Gasteiger partial charge >= 0.3 is 0 Å². The van der Waals surface area contributed by atoms with Gasteiger partial charge in [-0.15, -0.1) is 0 Å². The minimum absolute atomic E-state index is 0.309. The van der Waals surface area contributed by atoms with Crippen LogP contribution in [0, 0.1) is 5.92 Å². The Bertz CT molecular complexity index is 407. The third-order valence-corrected chi connectivity index (χ3v) is 3.97. The molecule has 104 valence electrons. The number of rotatable bonds is 6. The molecular formula is C17H25NO. The lowest BCUT2D eigenvalue weighted by Gasteiger charge is -2.22. The zero-order valence-corrected chi connectivity index (χ0v) is 12.0. The molecule has 1 saturated heterocycles. The highest BCUT2D eigenvalue weighted by molar-refractivity contribution is 5.96. The second-order valence-corrected chi connectivity index (χ2v) is 5.62. The van der Waals surface area contributed by atoms with E-state index in [1.807, 2.05) is 12.1 Å². The number of hydrogen-bond acceptors (Lipinski definition) is 2. The molecule has 1 heterocycles. The van der Waals surface area contributed by atoms with Gasteiger partial charge in [0.1, 0.15) is 0 Å². The number of carbonyl (C=O) groups excluding carboxylic acids is 1. The summed E-state index contributed by atoms with van der Waals surface area (Å²) in [7, 11) is 0. The van der Waals surface area contributed by atoms with Gasteiger partial charge in [-0.25, -0.2) is 0 Å². The molecule has 0 bridgehead atoms. The second kappa shape index (κ2) is 7.44. The summed E-state index contributed by atoms with van der Waals surface area (Å²) in [6.45, 7) is 4.40. The first kappa shape index (κ1) is 14.3. The topological polar surface area (TPSA) is 29.1 Å². The maximum atomic E-state index is 12.2. The van der Waals surface area contributed by atoms with Crippen LogP contribution in [-0.2, 0) is 6.42 Å². The van der Waals surface area contributed by atoms with E-state index >= 15 is 0 Å². The van der Waals surface area contributed by atoms with Gasteiger partial charge in [0.25, 0.3) is 0 Å². The quantitative estimate of drug-likeness (QED) is 0.791. The number of benzene rings is 1. The first-order valence-corrected chi connectivity index (χ1v) is 7.62. The fraction of sp³-hybridized carbons (Fsp3) is 0.588. The standard InChI is InChI=1S/C17H25NO/c1-2-5-14-6-3-8-16(12-14)17(19)10-9-15-7-4-11-18-13-15/h3,6,8,12,15,18H,2,4-5,7,9-11,13H2,1H3. The summed E-state index contributed by atoms with van der Waals surface area (Å²) in [5.41, 5.74) is 2.18. The number of hydrogen-bond donors (Lipinski definition) is 1. The van der Waals surface area contributed by atoms with Gasteiger partial charge in [0, 0.05) is 12.0 Å². The Labute approximate surface area is 116 Å². The van der Waals surface area contributed by atoms with Crippen LogP contribution in [0.2, 0.25) is 0 Å². The lowest BCUT2D eigenvalue weighted by Crippen LogP contribution is -2.30. The molecule has 0 aromatic heterocycles. The molecule has 1 N–H and O–H groups in total. The van der Waals surface area contributed by atoms with Crippen LogP contribution in [0.4, 0.5) is 0 Å². The van der Waals surface area contributed by atoms with Gasteiger partial charge in [0.15, 0.2) is 5.78 Å². The third kappa shape index (κ3) is 4.46. The molecule has 0 saturated carbocycles. The fourth-order valence-corrected chi connectivity index (χ4v) is 2.84. The van der Waals surface area contributed by atoms with E-state index in [1.165, 1.54) is 18.4 Å². The Hall–Kier alpha value is -1.15. The molecular weight excluding hydrogens is 234 g/mol. The summed E-state index contributed by atoms with van der Waals surface area (Å²) < 4.78 is 0. The molecule has 1 aliphatic rings. The number of nitrogens with one attached hydrogen (secondary N) is 1. The smallest absolute Gasteiger partial charge is 0.162 e. The van der Waals surface area contributed by atoms with Gasteiger partial charge in [-0.2, -0.15) is 0 Å². The molecule has 2 heteroatoms. The van der Waals surface area contributed by atoms with Crippen LogP contribution in [0.25, 0.3) is 0 Å². The van der Waals surface area contributed by atoms with E-state index in [0.717, 1.165) is 37.9 Å². The molecule has 1 aliphatic heterocycles. The second-order valence-electron chi connectivity index (χ2n) is 5.62. The zero-order valence-electron chi connectivity index (χ0n) is 12.0. The first-order chi connectivity index (χ1) is 9.29. The van der Waals surface area contributed by atoms with E-state index in [4.69, 9.17) is 0 Å². The monoisotopic (exact) mass is 259 g/mol. The molecule has 1 aromatic rings. The number of ketones is 1. The molecule has 1 aromatic carbocycles. The Balaban J connectivity index is 1.86. The number of Topliss-reactive ketones (excluding diaryl/α,β-unsaturated/α-hetero) is 1. The van der Waals surface area contributed by atoms with Crippen molar-refractivity contribution in [3.05, 3.63) is 35.4 Å². The maximum absolute atomic E-state index is 12.2. The normalized spacial score (nSPS) is 19.3. The van der Waals surface area contributed by atoms with Crippen LogP contribution in [0.5, 0.6) is 0 Å². The largest absolute Gasteiger partial charge is 0.316 e. The number of carbonyl (C=O) groups is 1. The molecule has 2 nitrogen and oxygen atoms in total. The summed E-state index contributed by atoms with van der Waals surface area (Å²) in [5, 5.41) is 3.41. The predicted molar refractivity (Wildman–Crippen MR) is 79.6 cm³/mol. The Kier molecular flexibility index (Phi) is 5.59. The lowest BCUT2D eigenvalue weighted by atomic mass is 9.92. The number of aryl methyl sites for hydroxylation is 1. The van der Waals surface area contributed by atoms with Gasteiger partial charge < -0.3 is 5.32 Å². The molecule has 0 amide bonds. The zero-order chi connectivity index (χ0) is 13.5. The van der Waals surface area contributed by atoms with Gasteiger partial charge in [0.2, 0.25) is 0 Å². The van der Waals surface area contributed by atoms with Gasteiger partial charge in [-0.3, -0.25) is 4.79 Å². The van der Waals surface area contributed by atoms with E-state index in [2.05, 4.69) is 24.4 Å². The average Bonchev–Trinajstić information content (AvgIpc) is 2.46. The molecule has 1 atom stereocenters. The molecule has 1 fully saturated rings. The van der Waals surface area contributed by atoms with Gasteiger partial charge in [-0.05, 0) is 56.3 Å². The Morgan fingerprint density at radius 1 is 1.42 bits per heavy atom. The van der Waals surface area contributed by atoms with Crippen LogP contribution in [0.15, 0.2) is 24.3 Å². The van der Waals surface area contributed by atoms with E-state index in [0.29, 0.717) is 18.1 Å². The Morgan fingerprint density at radius 2 is 2.32 bits per heavy atom. The summed E-state index contributed by atoms with van der Waals surface area (Å²) in [4.78, 5) is 12.2. The predicted octanol–water partition coefficient (Wildman–Crippen LogP) is 3.60. The molecule has 2 rings (SSSR count). The highest BCUT2D eigenvalue weighted by Crippen LogP contribution is 2.18. The van der Waals surface area contributed by atoms with Crippen LogP contribution < -0.4 is 5.32 Å². The van der Waals surface area contributed by atoms with Crippen molar-refractivity contribution < 1.29 is 4.79 Å². The van der Waals surface area contributed by atoms with Crippen molar-refractivity contribution >= 4 is 5.78 Å². The van der Waals surface area contributed by atoms with Gasteiger partial charge in [0.05, 0.1) is 0 Å². The summed E-state index contributed by atoms with van der Waals surface area (Å²) >= 11 is 0. The number of piperidine rings is 1. The molecule has 0 aliphatic carbocycles. The minimum atomic E-state index is 0.309. The summed E-state index contributed by atoms with van der Waals surface area (Å²) in [6, 6.07) is 8.16. The first-order valence-electron chi connectivity index (χ1n) is 7.62. The van der Waals surface area contributed by atoms with Crippen LogP contribution in [0.1, 0.15) is 54.9 Å². The maximum Gasteiger partial charge on any atom is 0.162 e. The van der Waals surface area contributed by atoms with Crippen LogP contribution in [0.3, 0.4) is 0 Å². The van der Waals surface area contributed by atoms with Crippen LogP contribution >= 0.6 is 0 Å². The molecule has 0 radical (unpaired) electrons. The third-order valence-electron chi connectivity index (χ3n) is 3.97. The van der Waals surface area contributed by atoms with Crippen molar-refractivity contribution in [1.82, 2.24) is 5.32 Å². The summed E-state index contributed by atoms with van der Waals surface area (Å²) in [6.07, 6.45) is 6.45. The SMILES string of the molecule is CCCc1cccc(C(=O)CCC2CCCNC2)c1. The lowest BCUT2D eigenvalue weighted by molar-refractivity contribution is 0.0971. The van der Waals surface area contributed by atoms with Crippen molar-refractivity contribution in [2.24, 2.45) is 5.92 Å². The van der Waals surface area contributed by atoms with Crippen LogP contribution in [-0.4, -0.2) is 18.9 Å². The van der Waals surface area contributed by atoms with Crippen molar-refractivity contribution in [3.8, 4) is 0 Å². The minimum Gasteiger partial charge on any atom is -0.316 e. The van der Waals surface area contributed by atoms with Crippen molar-refractivity contribution in [2.75, 3.05) is 13.1 Å². The fourth-order valence-electron chi connectivity index (χ4n) is 2.84. The molecule has 1 unspecified atom stereocenters. The van der Waals surface area contributed by atoms with Crippen molar-refractivity contribution in [2.45, 2.75) is 45.4 Å². The molecule has 19 heavy (non-hydrogen) atoms. The van der Waals surface area contributed by atoms with E-state index in [-0.39, 0.29) is 0 Å². The van der Waals surface area contributed by atoms with E-state index < -0.39 is 0 Å². The molecule has 0 spiro atoms. The van der Waals surface area contributed by atoms with E-state index in [1.54, 1.807) is 0 Å².